The van der Waals surface area contributed by atoms with E-state index in [1.54, 1.807) is 13.2 Å². The summed E-state index contributed by atoms with van der Waals surface area (Å²) in [4.78, 5) is 25.1. The predicted molar refractivity (Wildman–Crippen MR) is 125 cm³/mol. The van der Waals surface area contributed by atoms with Gasteiger partial charge in [0.2, 0.25) is 5.91 Å². The molecule has 7 heteroatoms. The molecule has 2 aromatic carbocycles. The van der Waals surface area contributed by atoms with E-state index in [9.17, 15) is 9.59 Å². The zero-order chi connectivity index (χ0) is 23.5. The molecule has 0 spiro atoms. The van der Waals surface area contributed by atoms with Gasteiger partial charge in [0, 0.05) is 47.5 Å². The van der Waals surface area contributed by atoms with Gasteiger partial charge >= 0.3 is 5.63 Å². The molecule has 0 radical (unpaired) electrons. The highest BCUT2D eigenvalue weighted by Crippen LogP contribution is 2.35. The normalized spacial score (nSPS) is 14.6. The largest absolute Gasteiger partial charge is 0.497 e. The van der Waals surface area contributed by atoms with Crippen LogP contribution in [0.3, 0.4) is 0 Å². The first kappa shape index (κ1) is 22.7. The highest BCUT2D eigenvalue weighted by molar-refractivity contribution is 5.82. The third-order valence-electron chi connectivity index (χ3n) is 5.95. The first-order valence-corrected chi connectivity index (χ1v) is 11.2. The number of amides is 1. The van der Waals surface area contributed by atoms with E-state index in [1.807, 2.05) is 45.0 Å². The van der Waals surface area contributed by atoms with Crippen LogP contribution in [0.1, 0.15) is 42.5 Å². The molecule has 0 saturated carbocycles. The number of rotatable bonds is 8. The fourth-order valence-corrected chi connectivity index (χ4v) is 4.22. The first-order valence-electron chi connectivity index (χ1n) is 11.2. The van der Waals surface area contributed by atoms with Gasteiger partial charge in [-0.15, -0.1) is 0 Å². The van der Waals surface area contributed by atoms with Gasteiger partial charge in [-0.1, -0.05) is 0 Å². The fourth-order valence-electron chi connectivity index (χ4n) is 4.22. The molecule has 4 rings (SSSR count). The van der Waals surface area contributed by atoms with Crippen molar-refractivity contribution in [2.45, 2.75) is 52.7 Å². The van der Waals surface area contributed by atoms with Crippen LogP contribution in [0.5, 0.6) is 17.2 Å². The number of aryl methyl sites for hydroxylation is 1. The number of benzene rings is 2. The van der Waals surface area contributed by atoms with E-state index < -0.39 is 5.63 Å². The van der Waals surface area contributed by atoms with Gasteiger partial charge in [-0.25, -0.2) is 4.79 Å². The van der Waals surface area contributed by atoms with Crippen LogP contribution in [0, 0.1) is 6.92 Å². The summed E-state index contributed by atoms with van der Waals surface area (Å²) in [6, 6.07) is 9.32. The van der Waals surface area contributed by atoms with Gasteiger partial charge in [0.1, 0.15) is 28.9 Å². The molecule has 174 valence electrons. The molecule has 2 heterocycles. The Hall–Kier alpha value is -3.48. The molecule has 33 heavy (non-hydrogen) atoms. The Morgan fingerprint density at radius 1 is 1.24 bits per heavy atom. The van der Waals surface area contributed by atoms with Crippen LogP contribution in [0.4, 0.5) is 0 Å². The molecular formula is C26H29NO6. The van der Waals surface area contributed by atoms with Crippen molar-refractivity contribution in [2.24, 2.45) is 0 Å². The number of carbonyl (C=O) groups is 1. The van der Waals surface area contributed by atoms with Crippen LogP contribution in [-0.4, -0.2) is 25.7 Å². The minimum absolute atomic E-state index is 0.136. The topological polar surface area (TPSA) is 87.0 Å². The molecule has 1 atom stereocenters. The quantitative estimate of drug-likeness (QED) is 0.520. The lowest BCUT2D eigenvalue weighted by atomic mass is 10.0. The van der Waals surface area contributed by atoms with Gasteiger partial charge in [0.15, 0.2) is 0 Å². The van der Waals surface area contributed by atoms with Crippen LogP contribution in [0.15, 0.2) is 39.5 Å². The molecule has 0 fully saturated rings. The summed E-state index contributed by atoms with van der Waals surface area (Å²) in [5.41, 5.74) is 3.37. The van der Waals surface area contributed by atoms with Gasteiger partial charge in [-0.05, 0) is 57.0 Å². The second-order valence-electron chi connectivity index (χ2n) is 8.27. The van der Waals surface area contributed by atoms with Crippen LogP contribution in [0.25, 0.3) is 11.0 Å². The monoisotopic (exact) mass is 451 g/mol. The second kappa shape index (κ2) is 9.57. The van der Waals surface area contributed by atoms with Crippen molar-refractivity contribution in [3.05, 3.63) is 63.0 Å². The standard InChI is InChI=1S/C26H29NO6/c1-5-31-22-11-17-10-15(2)32-23(17)12-18(22)14-27-25(28)9-8-21-16(3)20-7-6-19(30-4)13-24(20)33-26(21)29/h6-7,11-13,15H,5,8-10,14H2,1-4H3,(H,27,28). The Morgan fingerprint density at radius 2 is 2.06 bits per heavy atom. The van der Waals surface area contributed by atoms with Crippen molar-refractivity contribution in [1.82, 2.24) is 5.32 Å². The number of hydrogen-bond acceptors (Lipinski definition) is 6. The maximum absolute atomic E-state index is 12.6. The van der Waals surface area contributed by atoms with E-state index >= 15 is 0 Å². The molecule has 1 aromatic heterocycles. The van der Waals surface area contributed by atoms with Crippen molar-refractivity contribution in [2.75, 3.05) is 13.7 Å². The van der Waals surface area contributed by atoms with E-state index in [4.69, 9.17) is 18.6 Å². The van der Waals surface area contributed by atoms with E-state index in [1.165, 1.54) is 0 Å². The van der Waals surface area contributed by atoms with E-state index in [0.29, 0.717) is 36.5 Å². The maximum Gasteiger partial charge on any atom is 0.339 e. The lowest BCUT2D eigenvalue weighted by Crippen LogP contribution is -2.24. The highest BCUT2D eigenvalue weighted by Gasteiger charge is 2.22. The molecule has 0 aliphatic carbocycles. The van der Waals surface area contributed by atoms with Gasteiger partial charge in [-0.2, -0.15) is 0 Å². The molecule has 7 nitrogen and oxygen atoms in total. The number of ether oxygens (including phenoxy) is 3. The summed E-state index contributed by atoms with van der Waals surface area (Å²) >= 11 is 0. The summed E-state index contributed by atoms with van der Waals surface area (Å²) in [6.07, 6.45) is 1.46. The van der Waals surface area contributed by atoms with E-state index in [0.717, 1.165) is 40.0 Å². The lowest BCUT2D eigenvalue weighted by Gasteiger charge is -2.13. The second-order valence-corrected chi connectivity index (χ2v) is 8.27. The summed E-state index contributed by atoms with van der Waals surface area (Å²) in [5, 5.41) is 3.77. The maximum atomic E-state index is 12.6. The van der Waals surface area contributed by atoms with Gasteiger partial charge in [-0.3, -0.25) is 4.79 Å². The number of hydrogen-bond donors (Lipinski definition) is 1. The Balaban J connectivity index is 1.44. The fraction of sp³-hybridized carbons (Fsp3) is 0.385. The number of methoxy groups -OCH3 is 1. The Labute approximate surface area is 192 Å². The molecular weight excluding hydrogens is 422 g/mol. The lowest BCUT2D eigenvalue weighted by molar-refractivity contribution is -0.121. The third-order valence-corrected chi connectivity index (χ3v) is 5.95. The van der Waals surface area contributed by atoms with Gasteiger partial charge in [0.25, 0.3) is 0 Å². The molecule has 0 bridgehead atoms. The van der Waals surface area contributed by atoms with Crippen molar-refractivity contribution >= 4 is 16.9 Å². The van der Waals surface area contributed by atoms with Gasteiger partial charge < -0.3 is 23.9 Å². The summed E-state index contributed by atoms with van der Waals surface area (Å²) in [6.45, 7) is 6.70. The van der Waals surface area contributed by atoms with E-state index in [-0.39, 0.29) is 18.4 Å². The zero-order valence-corrected chi connectivity index (χ0v) is 19.4. The number of carbonyl (C=O) groups excluding carboxylic acids is 1. The summed E-state index contributed by atoms with van der Waals surface area (Å²) in [7, 11) is 1.56. The first-order chi connectivity index (χ1) is 15.9. The zero-order valence-electron chi connectivity index (χ0n) is 19.4. The summed E-state index contributed by atoms with van der Waals surface area (Å²) in [5.74, 6) is 2.07. The Kier molecular flexibility index (Phi) is 6.58. The number of nitrogens with one attached hydrogen (secondary N) is 1. The van der Waals surface area contributed by atoms with Crippen LogP contribution in [0.2, 0.25) is 0 Å². The predicted octanol–water partition coefficient (Wildman–Crippen LogP) is 4.08. The van der Waals surface area contributed by atoms with Crippen LogP contribution < -0.4 is 25.2 Å². The van der Waals surface area contributed by atoms with Crippen molar-refractivity contribution in [3.8, 4) is 17.2 Å². The third kappa shape index (κ3) is 4.82. The smallest absolute Gasteiger partial charge is 0.339 e. The summed E-state index contributed by atoms with van der Waals surface area (Å²) < 4.78 is 22.3. The average Bonchev–Trinajstić information content (AvgIpc) is 3.15. The average molecular weight is 452 g/mol. The van der Waals surface area contributed by atoms with Crippen molar-refractivity contribution in [1.29, 1.82) is 0 Å². The highest BCUT2D eigenvalue weighted by atomic mass is 16.5. The molecule has 1 unspecified atom stereocenters. The van der Waals surface area contributed by atoms with Crippen LogP contribution in [-0.2, 0) is 24.2 Å². The van der Waals surface area contributed by atoms with Crippen LogP contribution >= 0.6 is 0 Å². The van der Waals surface area contributed by atoms with Gasteiger partial charge in [0.05, 0.1) is 13.7 Å². The van der Waals surface area contributed by atoms with E-state index in [2.05, 4.69) is 5.32 Å². The minimum Gasteiger partial charge on any atom is -0.497 e. The molecule has 1 aliphatic heterocycles. The molecule has 3 aromatic rings. The number of fused-ring (bicyclic) bond motifs is 2. The molecule has 1 amide bonds. The SMILES string of the molecule is CCOc1cc2c(cc1CNC(=O)CCc1c(C)c3ccc(OC)cc3oc1=O)OC(C)C2. The van der Waals surface area contributed by atoms with Crippen molar-refractivity contribution in [3.63, 3.8) is 0 Å². The molecule has 1 aliphatic rings. The molecule has 0 saturated heterocycles. The Bertz CT molecular complexity index is 1250. The van der Waals surface area contributed by atoms with Crippen molar-refractivity contribution < 1.29 is 23.4 Å². The Morgan fingerprint density at radius 3 is 2.82 bits per heavy atom. The molecule has 1 N–H and O–H groups in total. The minimum atomic E-state index is -0.426.